The predicted molar refractivity (Wildman–Crippen MR) is 90.9 cm³/mol. The van der Waals surface area contributed by atoms with Crippen LogP contribution in [0.2, 0.25) is 0 Å². The highest BCUT2D eigenvalue weighted by atomic mass is 79.9. The number of rotatable bonds is 3. The Labute approximate surface area is 138 Å². The molecule has 0 aliphatic carbocycles. The summed E-state index contributed by atoms with van der Waals surface area (Å²) in [5, 5.41) is 0. The number of benzene rings is 1. The largest absolute Gasteiger partial charge is 0.379 e. The number of ether oxygens (including phenoxy) is 1. The lowest BCUT2D eigenvalue weighted by Crippen LogP contribution is -2.35. The van der Waals surface area contributed by atoms with E-state index in [9.17, 15) is 4.79 Å². The smallest absolute Gasteiger partial charge is 0.251 e. The first kappa shape index (κ1) is 15.5. The Hall–Kier alpha value is -1.43. The third kappa shape index (κ3) is 3.48. The summed E-state index contributed by atoms with van der Waals surface area (Å²) in [6.07, 6.45) is 1.88. The van der Waals surface area contributed by atoms with E-state index in [1.165, 1.54) is 5.56 Å². The highest BCUT2D eigenvalue weighted by Gasteiger charge is 2.12. The first-order valence-corrected chi connectivity index (χ1v) is 8.18. The summed E-state index contributed by atoms with van der Waals surface area (Å²) in [5.74, 6) is 0. The summed E-state index contributed by atoms with van der Waals surface area (Å²) >= 11 is 3.50. The highest BCUT2D eigenvalue weighted by molar-refractivity contribution is 9.10. The van der Waals surface area contributed by atoms with Gasteiger partial charge in [0.25, 0.3) is 5.56 Å². The maximum Gasteiger partial charge on any atom is 0.251 e. The van der Waals surface area contributed by atoms with Crippen LogP contribution in [0.15, 0.2) is 45.8 Å². The van der Waals surface area contributed by atoms with Crippen molar-refractivity contribution in [3.63, 3.8) is 0 Å². The van der Waals surface area contributed by atoms with E-state index in [0.29, 0.717) is 0 Å². The van der Waals surface area contributed by atoms with Crippen LogP contribution >= 0.6 is 15.9 Å². The lowest BCUT2D eigenvalue weighted by Gasteiger charge is -2.26. The Morgan fingerprint density at radius 2 is 2.00 bits per heavy atom. The van der Waals surface area contributed by atoms with Crippen LogP contribution in [0.1, 0.15) is 5.56 Å². The predicted octanol–water partition coefficient (Wildman–Crippen LogP) is 2.65. The lowest BCUT2D eigenvalue weighted by atomic mass is 10.0. The van der Waals surface area contributed by atoms with Gasteiger partial charge in [0.2, 0.25) is 0 Å². The molecule has 116 valence electrons. The molecule has 2 aromatic rings. The molecule has 0 spiro atoms. The minimum atomic E-state index is -0.0138. The number of aryl methyl sites for hydroxylation is 1. The van der Waals surface area contributed by atoms with Gasteiger partial charge >= 0.3 is 0 Å². The van der Waals surface area contributed by atoms with E-state index in [-0.39, 0.29) is 5.56 Å². The molecule has 0 radical (unpaired) electrons. The zero-order chi connectivity index (χ0) is 15.5. The molecule has 0 saturated carbocycles. The Kier molecular flexibility index (Phi) is 4.76. The molecular formula is C17H19BrN2O2. The first-order valence-electron chi connectivity index (χ1n) is 7.39. The second kappa shape index (κ2) is 6.77. The van der Waals surface area contributed by atoms with Crippen molar-refractivity contribution >= 4 is 15.9 Å². The maximum atomic E-state index is 11.7. The number of halogens is 1. The van der Waals surface area contributed by atoms with Crippen LogP contribution in [0.5, 0.6) is 0 Å². The molecule has 22 heavy (non-hydrogen) atoms. The normalized spacial score (nSPS) is 15.9. The standard InChI is InChI=1S/C17H19BrN2O2/c1-19-12-15(16(18)10-17(19)21)14-4-2-3-13(9-14)11-20-5-7-22-8-6-20/h2-4,9-10,12H,5-8,11H2,1H3. The Balaban J connectivity index is 1.87. The van der Waals surface area contributed by atoms with E-state index in [4.69, 9.17) is 4.74 Å². The SMILES string of the molecule is Cn1cc(-c2cccc(CN3CCOCC3)c2)c(Br)cc1=O. The highest BCUT2D eigenvalue weighted by Crippen LogP contribution is 2.27. The lowest BCUT2D eigenvalue weighted by molar-refractivity contribution is 0.0342. The number of aromatic nitrogens is 1. The molecule has 1 fully saturated rings. The average Bonchev–Trinajstić information content (AvgIpc) is 2.52. The zero-order valence-electron chi connectivity index (χ0n) is 12.6. The van der Waals surface area contributed by atoms with Gasteiger partial charge in [-0.25, -0.2) is 0 Å². The maximum absolute atomic E-state index is 11.7. The molecule has 0 unspecified atom stereocenters. The van der Waals surface area contributed by atoms with Gasteiger partial charge in [-0.2, -0.15) is 0 Å². The molecule has 2 heterocycles. The molecule has 1 aromatic heterocycles. The molecule has 0 bridgehead atoms. The van der Waals surface area contributed by atoms with Crippen LogP contribution in [-0.2, 0) is 18.3 Å². The third-order valence-electron chi connectivity index (χ3n) is 3.93. The Morgan fingerprint density at radius 1 is 1.23 bits per heavy atom. The Bertz CT molecular complexity index is 721. The van der Waals surface area contributed by atoms with E-state index in [1.807, 2.05) is 6.20 Å². The van der Waals surface area contributed by atoms with Crippen molar-refractivity contribution < 1.29 is 4.74 Å². The summed E-state index contributed by atoms with van der Waals surface area (Å²) in [6.45, 7) is 4.51. The summed E-state index contributed by atoms with van der Waals surface area (Å²) in [6, 6.07) is 10.1. The molecule has 0 N–H and O–H groups in total. The number of nitrogens with zero attached hydrogens (tertiary/aromatic N) is 2. The van der Waals surface area contributed by atoms with E-state index < -0.39 is 0 Å². The van der Waals surface area contributed by atoms with Crippen LogP contribution in [0, 0.1) is 0 Å². The van der Waals surface area contributed by atoms with Gasteiger partial charge in [-0.3, -0.25) is 9.69 Å². The van der Waals surface area contributed by atoms with Gasteiger partial charge in [-0.05, 0) is 33.1 Å². The van der Waals surface area contributed by atoms with Gasteiger partial charge in [0.15, 0.2) is 0 Å². The van der Waals surface area contributed by atoms with Crippen molar-refractivity contribution in [2.75, 3.05) is 26.3 Å². The van der Waals surface area contributed by atoms with Gasteiger partial charge in [-0.1, -0.05) is 18.2 Å². The number of hydrogen-bond acceptors (Lipinski definition) is 3. The van der Waals surface area contributed by atoms with Crippen LogP contribution in [0.25, 0.3) is 11.1 Å². The van der Waals surface area contributed by atoms with E-state index in [2.05, 4.69) is 45.1 Å². The molecule has 1 aliphatic rings. The molecular weight excluding hydrogens is 344 g/mol. The minimum absolute atomic E-state index is 0.0138. The van der Waals surface area contributed by atoms with Gasteiger partial charge in [0.1, 0.15) is 0 Å². The summed E-state index contributed by atoms with van der Waals surface area (Å²) in [4.78, 5) is 14.1. The Morgan fingerprint density at radius 3 is 2.77 bits per heavy atom. The summed E-state index contributed by atoms with van der Waals surface area (Å²) < 4.78 is 7.83. The van der Waals surface area contributed by atoms with Crippen LogP contribution in [-0.4, -0.2) is 35.8 Å². The summed E-state index contributed by atoms with van der Waals surface area (Å²) in [5.41, 5.74) is 3.42. The van der Waals surface area contributed by atoms with Crippen molar-refractivity contribution in [2.45, 2.75) is 6.54 Å². The second-order valence-corrected chi connectivity index (χ2v) is 6.43. The fraction of sp³-hybridized carbons (Fsp3) is 0.353. The number of pyridine rings is 1. The molecule has 5 heteroatoms. The van der Waals surface area contributed by atoms with Gasteiger partial charge in [-0.15, -0.1) is 0 Å². The minimum Gasteiger partial charge on any atom is -0.379 e. The van der Waals surface area contributed by atoms with E-state index >= 15 is 0 Å². The summed E-state index contributed by atoms with van der Waals surface area (Å²) in [7, 11) is 1.77. The molecule has 1 aliphatic heterocycles. The van der Waals surface area contributed by atoms with E-state index in [1.54, 1.807) is 17.7 Å². The fourth-order valence-corrected chi connectivity index (χ4v) is 3.20. The topological polar surface area (TPSA) is 34.5 Å². The first-order chi connectivity index (χ1) is 10.6. The van der Waals surface area contributed by atoms with Crippen LogP contribution < -0.4 is 5.56 Å². The van der Waals surface area contributed by atoms with Gasteiger partial charge < -0.3 is 9.30 Å². The van der Waals surface area contributed by atoms with E-state index in [0.717, 1.165) is 48.4 Å². The van der Waals surface area contributed by atoms with Crippen molar-refractivity contribution in [1.82, 2.24) is 9.47 Å². The van der Waals surface area contributed by atoms with Crippen molar-refractivity contribution in [1.29, 1.82) is 0 Å². The molecule has 0 amide bonds. The average molecular weight is 363 g/mol. The molecule has 0 atom stereocenters. The quantitative estimate of drug-likeness (QED) is 0.841. The fourth-order valence-electron chi connectivity index (χ4n) is 2.67. The van der Waals surface area contributed by atoms with Crippen LogP contribution in [0.3, 0.4) is 0 Å². The van der Waals surface area contributed by atoms with Crippen molar-refractivity contribution in [3.05, 3.63) is 56.9 Å². The number of morpholine rings is 1. The molecule has 1 saturated heterocycles. The molecule has 3 rings (SSSR count). The van der Waals surface area contributed by atoms with Crippen molar-refractivity contribution in [3.8, 4) is 11.1 Å². The second-order valence-electron chi connectivity index (χ2n) is 5.57. The third-order valence-corrected chi connectivity index (χ3v) is 4.58. The van der Waals surface area contributed by atoms with Gasteiger partial charge in [0, 0.05) is 49.0 Å². The van der Waals surface area contributed by atoms with Gasteiger partial charge in [0.05, 0.1) is 13.2 Å². The van der Waals surface area contributed by atoms with Crippen molar-refractivity contribution in [2.24, 2.45) is 7.05 Å². The monoisotopic (exact) mass is 362 g/mol. The zero-order valence-corrected chi connectivity index (χ0v) is 14.2. The van der Waals surface area contributed by atoms with Crippen LogP contribution in [0.4, 0.5) is 0 Å². The number of hydrogen-bond donors (Lipinski definition) is 0. The molecule has 1 aromatic carbocycles. The molecule has 4 nitrogen and oxygen atoms in total.